The van der Waals surface area contributed by atoms with Crippen LogP contribution in [0.15, 0.2) is 18.2 Å². The summed E-state index contributed by atoms with van der Waals surface area (Å²) in [5.41, 5.74) is 6.89. The Morgan fingerprint density at radius 3 is 3.05 bits per heavy atom. The topological polar surface area (TPSA) is 67.6 Å². The Bertz CT molecular complexity index is 447. The summed E-state index contributed by atoms with van der Waals surface area (Å²) in [5.74, 6) is -0.321. The van der Waals surface area contributed by atoms with Crippen LogP contribution in [-0.4, -0.2) is 37.2 Å². The van der Waals surface area contributed by atoms with Crippen LogP contribution in [0.1, 0.15) is 12.0 Å². The number of amides is 1. The normalized spacial score (nSPS) is 19.4. The second-order valence-electron chi connectivity index (χ2n) is 4.75. The number of benzene rings is 1. The van der Waals surface area contributed by atoms with Crippen LogP contribution in [0.4, 0.5) is 14.9 Å². The molecule has 1 aromatic rings. The molecule has 1 heterocycles. The van der Waals surface area contributed by atoms with Gasteiger partial charge in [0.05, 0.1) is 7.11 Å². The summed E-state index contributed by atoms with van der Waals surface area (Å²) in [6.45, 7) is 2.21. The highest BCUT2D eigenvalue weighted by Gasteiger charge is 2.24. The molecule has 1 unspecified atom stereocenters. The van der Waals surface area contributed by atoms with Crippen molar-refractivity contribution < 1.29 is 13.9 Å². The molecule has 2 rings (SSSR count). The molecule has 5 nitrogen and oxygen atoms in total. The van der Waals surface area contributed by atoms with Crippen LogP contribution in [0.25, 0.3) is 0 Å². The van der Waals surface area contributed by atoms with Gasteiger partial charge in [0.25, 0.3) is 0 Å². The first kappa shape index (κ1) is 13.6. The zero-order chi connectivity index (χ0) is 13.8. The van der Waals surface area contributed by atoms with E-state index in [1.165, 1.54) is 19.2 Å². The van der Waals surface area contributed by atoms with Crippen LogP contribution < -0.4 is 11.1 Å². The maximum atomic E-state index is 13.2. The number of nitrogens with zero attached hydrogens (tertiary/aromatic N) is 1. The van der Waals surface area contributed by atoms with Gasteiger partial charge in [-0.2, -0.15) is 0 Å². The zero-order valence-corrected chi connectivity index (χ0v) is 10.9. The lowest BCUT2D eigenvalue weighted by Gasteiger charge is -2.16. The van der Waals surface area contributed by atoms with Crippen molar-refractivity contribution in [1.29, 1.82) is 0 Å². The molecule has 0 aromatic heterocycles. The number of nitrogens with one attached hydrogen (secondary N) is 1. The molecule has 104 valence electrons. The van der Waals surface area contributed by atoms with E-state index in [0.29, 0.717) is 12.2 Å². The van der Waals surface area contributed by atoms with Gasteiger partial charge in [-0.3, -0.25) is 4.90 Å². The summed E-state index contributed by atoms with van der Waals surface area (Å²) in [5, 5.41) is 2.77. The van der Waals surface area contributed by atoms with Crippen LogP contribution in [0.2, 0.25) is 0 Å². The number of ether oxygens (including phenoxy) is 1. The molecule has 1 fully saturated rings. The molecule has 0 saturated carbocycles. The van der Waals surface area contributed by atoms with E-state index in [1.807, 2.05) is 0 Å². The minimum Gasteiger partial charge on any atom is -0.453 e. The van der Waals surface area contributed by atoms with Crippen molar-refractivity contribution in [2.24, 2.45) is 0 Å². The minimum absolute atomic E-state index is 0.0818. The first-order chi connectivity index (χ1) is 9.06. The van der Waals surface area contributed by atoms with Crippen molar-refractivity contribution in [2.75, 3.05) is 25.9 Å². The molecule has 3 N–H and O–H groups in total. The van der Waals surface area contributed by atoms with E-state index in [4.69, 9.17) is 5.73 Å². The van der Waals surface area contributed by atoms with Crippen molar-refractivity contribution in [2.45, 2.75) is 19.0 Å². The first-order valence-electron chi connectivity index (χ1n) is 6.18. The van der Waals surface area contributed by atoms with Gasteiger partial charge in [-0.05, 0) is 30.2 Å². The van der Waals surface area contributed by atoms with E-state index in [0.717, 1.165) is 25.1 Å². The Morgan fingerprint density at radius 2 is 2.37 bits per heavy atom. The van der Waals surface area contributed by atoms with Crippen molar-refractivity contribution in [3.05, 3.63) is 29.6 Å². The third-order valence-corrected chi connectivity index (χ3v) is 3.17. The predicted molar refractivity (Wildman–Crippen MR) is 70.0 cm³/mol. The molecule has 0 bridgehead atoms. The number of methoxy groups -OCH3 is 1. The molecule has 1 atom stereocenters. The smallest absolute Gasteiger partial charge is 0.407 e. The van der Waals surface area contributed by atoms with Crippen molar-refractivity contribution in [1.82, 2.24) is 10.2 Å². The van der Waals surface area contributed by atoms with Crippen LogP contribution in [-0.2, 0) is 11.3 Å². The molecule has 0 aliphatic carbocycles. The van der Waals surface area contributed by atoms with Gasteiger partial charge in [0.15, 0.2) is 0 Å². The van der Waals surface area contributed by atoms with Gasteiger partial charge in [-0.1, -0.05) is 0 Å². The zero-order valence-electron chi connectivity index (χ0n) is 10.9. The van der Waals surface area contributed by atoms with Crippen LogP contribution in [0, 0.1) is 5.82 Å². The molecule has 1 amide bonds. The summed E-state index contributed by atoms with van der Waals surface area (Å²) < 4.78 is 17.8. The molecule has 1 aliphatic rings. The minimum atomic E-state index is -0.415. The highest BCUT2D eigenvalue weighted by molar-refractivity contribution is 5.67. The number of halogens is 1. The fourth-order valence-electron chi connectivity index (χ4n) is 2.34. The molecular weight excluding hydrogens is 249 g/mol. The maximum Gasteiger partial charge on any atom is 0.407 e. The second-order valence-corrected chi connectivity index (χ2v) is 4.75. The quantitative estimate of drug-likeness (QED) is 0.811. The van der Waals surface area contributed by atoms with Crippen molar-refractivity contribution in [3.63, 3.8) is 0 Å². The van der Waals surface area contributed by atoms with Crippen LogP contribution in [0.5, 0.6) is 0 Å². The van der Waals surface area contributed by atoms with E-state index in [-0.39, 0.29) is 11.9 Å². The number of hydrogen-bond donors (Lipinski definition) is 2. The first-order valence-corrected chi connectivity index (χ1v) is 6.18. The van der Waals surface area contributed by atoms with E-state index >= 15 is 0 Å². The second kappa shape index (κ2) is 5.88. The molecule has 19 heavy (non-hydrogen) atoms. The lowest BCUT2D eigenvalue weighted by Crippen LogP contribution is -2.36. The number of carbonyl (C=O) groups excluding carboxylic acids is 1. The standard InChI is InChI=1S/C13H18FN3O2/c1-19-13(18)16-12-2-3-17(8-12)7-9-4-10(14)6-11(15)5-9/h4-6,12H,2-3,7-8,15H2,1H3,(H,16,18). The third-order valence-electron chi connectivity index (χ3n) is 3.17. The summed E-state index contributed by atoms with van der Waals surface area (Å²) in [6.07, 6.45) is 0.446. The van der Waals surface area contributed by atoms with Gasteiger partial charge in [-0.25, -0.2) is 9.18 Å². The fourth-order valence-corrected chi connectivity index (χ4v) is 2.34. The van der Waals surface area contributed by atoms with Crippen molar-refractivity contribution >= 4 is 11.8 Å². The average Bonchev–Trinajstić information content (AvgIpc) is 2.74. The number of carbonyl (C=O) groups is 1. The Balaban J connectivity index is 1.89. The van der Waals surface area contributed by atoms with Crippen LogP contribution >= 0.6 is 0 Å². The largest absolute Gasteiger partial charge is 0.453 e. The Kier molecular flexibility index (Phi) is 4.21. The Morgan fingerprint density at radius 1 is 1.58 bits per heavy atom. The van der Waals surface area contributed by atoms with E-state index in [2.05, 4.69) is 15.0 Å². The number of hydrogen-bond acceptors (Lipinski definition) is 4. The molecule has 1 aliphatic heterocycles. The SMILES string of the molecule is COC(=O)NC1CCN(Cc2cc(N)cc(F)c2)C1. The molecule has 0 radical (unpaired) electrons. The fraction of sp³-hybridized carbons (Fsp3) is 0.462. The third kappa shape index (κ3) is 3.82. The molecular formula is C13H18FN3O2. The summed E-state index contributed by atoms with van der Waals surface area (Å²) in [6, 6.07) is 4.63. The van der Waals surface area contributed by atoms with Gasteiger partial charge in [0.1, 0.15) is 5.82 Å². The van der Waals surface area contributed by atoms with E-state index < -0.39 is 6.09 Å². The summed E-state index contributed by atoms with van der Waals surface area (Å²) in [4.78, 5) is 13.3. The lowest BCUT2D eigenvalue weighted by atomic mass is 10.2. The van der Waals surface area contributed by atoms with Gasteiger partial charge in [-0.15, -0.1) is 0 Å². The monoisotopic (exact) mass is 267 g/mol. The molecule has 1 aromatic carbocycles. The molecule has 1 saturated heterocycles. The number of alkyl carbamates (subject to hydrolysis) is 1. The molecule has 6 heteroatoms. The number of nitrogens with two attached hydrogens (primary N) is 1. The van der Waals surface area contributed by atoms with Gasteiger partial charge >= 0.3 is 6.09 Å². The Labute approximate surface area is 111 Å². The van der Waals surface area contributed by atoms with Gasteiger partial charge in [0.2, 0.25) is 0 Å². The number of anilines is 1. The van der Waals surface area contributed by atoms with Crippen molar-refractivity contribution in [3.8, 4) is 0 Å². The Hall–Kier alpha value is -1.82. The summed E-state index contributed by atoms with van der Waals surface area (Å²) >= 11 is 0. The van der Waals surface area contributed by atoms with Crippen LogP contribution in [0.3, 0.4) is 0 Å². The summed E-state index contributed by atoms with van der Waals surface area (Å²) in [7, 11) is 1.34. The van der Waals surface area contributed by atoms with Gasteiger partial charge in [0, 0.05) is 31.4 Å². The molecule has 0 spiro atoms. The number of likely N-dealkylation sites (tertiary alicyclic amines) is 1. The predicted octanol–water partition coefficient (Wildman–Crippen LogP) is 1.34. The average molecular weight is 267 g/mol. The maximum absolute atomic E-state index is 13.2. The lowest BCUT2D eigenvalue weighted by molar-refractivity contribution is 0.166. The van der Waals surface area contributed by atoms with E-state index in [9.17, 15) is 9.18 Å². The number of nitrogen functional groups attached to an aromatic ring is 1. The highest BCUT2D eigenvalue weighted by atomic mass is 19.1. The van der Waals surface area contributed by atoms with Gasteiger partial charge < -0.3 is 15.8 Å². The van der Waals surface area contributed by atoms with E-state index in [1.54, 1.807) is 6.07 Å². The highest BCUT2D eigenvalue weighted by Crippen LogP contribution is 2.16. The number of rotatable bonds is 3.